The lowest BCUT2D eigenvalue weighted by atomic mass is 9.85. The van der Waals surface area contributed by atoms with Crippen LogP contribution in [-0.2, 0) is 9.84 Å². The molecule has 2 atom stereocenters. The summed E-state index contributed by atoms with van der Waals surface area (Å²) in [6.07, 6.45) is 3.49. The molecule has 1 aliphatic carbocycles. The fraction of sp³-hybridized carbons (Fsp3) is 0.444. The van der Waals surface area contributed by atoms with Gasteiger partial charge in [-0.1, -0.05) is 40.4 Å². The SMILES string of the molecule is CN1CC(CS(=O)(=O)c2ccc(Cl)cc2)C(C2=CC(Cl)=C(Cl)CC2)C1. The molecule has 1 fully saturated rings. The van der Waals surface area contributed by atoms with E-state index in [0.29, 0.717) is 20.0 Å². The van der Waals surface area contributed by atoms with Crippen molar-refractivity contribution >= 4 is 44.6 Å². The van der Waals surface area contributed by atoms with Crippen molar-refractivity contribution in [2.24, 2.45) is 11.8 Å². The number of likely N-dealkylation sites (tertiary alicyclic amines) is 1. The lowest BCUT2D eigenvalue weighted by Gasteiger charge is -2.24. The molecule has 3 rings (SSSR count). The summed E-state index contributed by atoms with van der Waals surface area (Å²) in [4.78, 5) is 2.50. The van der Waals surface area contributed by atoms with E-state index in [4.69, 9.17) is 34.8 Å². The highest BCUT2D eigenvalue weighted by Crippen LogP contribution is 2.38. The van der Waals surface area contributed by atoms with Crippen LogP contribution in [-0.4, -0.2) is 39.2 Å². The molecule has 0 aromatic heterocycles. The maximum Gasteiger partial charge on any atom is 0.178 e. The van der Waals surface area contributed by atoms with Gasteiger partial charge in [0.05, 0.1) is 15.7 Å². The van der Waals surface area contributed by atoms with E-state index in [9.17, 15) is 8.42 Å². The van der Waals surface area contributed by atoms with Crippen molar-refractivity contribution in [2.75, 3.05) is 25.9 Å². The normalized spacial score (nSPS) is 25.4. The largest absolute Gasteiger partial charge is 0.305 e. The Labute approximate surface area is 164 Å². The summed E-state index contributed by atoms with van der Waals surface area (Å²) in [7, 11) is -1.34. The van der Waals surface area contributed by atoms with Crippen LogP contribution in [0, 0.1) is 11.8 Å². The van der Waals surface area contributed by atoms with Crippen molar-refractivity contribution in [1.82, 2.24) is 4.90 Å². The van der Waals surface area contributed by atoms with Crippen LogP contribution in [0.1, 0.15) is 12.8 Å². The molecule has 2 aliphatic rings. The van der Waals surface area contributed by atoms with Gasteiger partial charge >= 0.3 is 0 Å². The Kier molecular flexibility index (Phi) is 5.86. The second-order valence-electron chi connectivity index (χ2n) is 6.80. The van der Waals surface area contributed by atoms with Gasteiger partial charge in [0.2, 0.25) is 0 Å². The van der Waals surface area contributed by atoms with E-state index >= 15 is 0 Å². The zero-order valence-corrected chi connectivity index (χ0v) is 17.0. The van der Waals surface area contributed by atoms with Gasteiger partial charge in [0.1, 0.15) is 0 Å². The van der Waals surface area contributed by atoms with Crippen LogP contribution in [0.5, 0.6) is 0 Å². The smallest absolute Gasteiger partial charge is 0.178 e. The number of sulfone groups is 1. The molecule has 0 bridgehead atoms. The molecule has 0 saturated carbocycles. The third kappa shape index (κ3) is 4.42. The predicted molar refractivity (Wildman–Crippen MR) is 104 cm³/mol. The van der Waals surface area contributed by atoms with Crippen molar-refractivity contribution in [3.05, 3.63) is 51.0 Å². The fourth-order valence-electron chi connectivity index (χ4n) is 3.67. The molecule has 0 radical (unpaired) electrons. The molecule has 0 N–H and O–H groups in total. The van der Waals surface area contributed by atoms with Gasteiger partial charge in [0.15, 0.2) is 9.84 Å². The summed E-state index contributed by atoms with van der Waals surface area (Å²) >= 11 is 18.1. The topological polar surface area (TPSA) is 37.4 Å². The fourth-order valence-corrected chi connectivity index (χ4v) is 5.83. The Hall–Kier alpha value is -0.520. The van der Waals surface area contributed by atoms with Crippen molar-refractivity contribution in [3.63, 3.8) is 0 Å². The Balaban J connectivity index is 1.83. The lowest BCUT2D eigenvalue weighted by molar-refractivity contribution is 0.398. The van der Waals surface area contributed by atoms with Gasteiger partial charge in [-0.3, -0.25) is 0 Å². The maximum atomic E-state index is 12.8. The molecule has 7 heteroatoms. The van der Waals surface area contributed by atoms with E-state index in [1.807, 2.05) is 13.1 Å². The second kappa shape index (κ2) is 7.61. The molecule has 1 saturated heterocycles. The third-order valence-electron chi connectivity index (χ3n) is 4.91. The first kappa shape index (κ1) is 19.2. The van der Waals surface area contributed by atoms with E-state index in [1.165, 1.54) is 5.57 Å². The second-order valence-corrected chi connectivity index (χ2v) is 10.1. The first-order valence-electron chi connectivity index (χ1n) is 8.18. The number of hydrogen-bond donors (Lipinski definition) is 0. The number of nitrogens with zero attached hydrogens (tertiary/aromatic N) is 1. The summed E-state index contributed by atoms with van der Waals surface area (Å²) in [6, 6.07) is 6.38. The van der Waals surface area contributed by atoms with E-state index in [1.54, 1.807) is 24.3 Å². The van der Waals surface area contributed by atoms with E-state index in [0.717, 1.165) is 25.9 Å². The van der Waals surface area contributed by atoms with Crippen molar-refractivity contribution in [2.45, 2.75) is 17.7 Å². The number of benzene rings is 1. The first-order valence-corrected chi connectivity index (χ1v) is 11.0. The summed E-state index contributed by atoms with van der Waals surface area (Å²) in [5.41, 5.74) is 1.20. The third-order valence-corrected chi connectivity index (χ3v) is 7.85. The van der Waals surface area contributed by atoms with Gasteiger partial charge in [-0.25, -0.2) is 8.42 Å². The monoisotopic (exact) mass is 419 g/mol. The van der Waals surface area contributed by atoms with E-state index in [-0.39, 0.29) is 17.6 Å². The highest BCUT2D eigenvalue weighted by atomic mass is 35.5. The van der Waals surface area contributed by atoms with E-state index < -0.39 is 9.84 Å². The molecule has 0 spiro atoms. The number of halogens is 3. The molecular formula is C18H20Cl3NO2S. The Bertz CT molecular complexity index is 815. The number of rotatable bonds is 4. The summed E-state index contributed by atoms with van der Waals surface area (Å²) in [5, 5.41) is 1.79. The van der Waals surface area contributed by atoms with Gasteiger partial charge < -0.3 is 4.90 Å². The molecule has 0 amide bonds. The van der Waals surface area contributed by atoms with E-state index in [2.05, 4.69) is 4.90 Å². The van der Waals surface area contributed by atoms with Crippen molar-refractivity contribution in [1.29, 1.82) is 0 Å². The Morgan fingerprint density at radius 1 is 1.08 bits per heavy atom. The van der Waals surface area contributed by atoms with Crippen LogP contribution in [0.15, 0.2) is 50.9 Å². The molecule has 3 nitrogen and oxygen atoms in total. The van der Waals surface area contributed by atoms with Gasteiger partial charge in [0.25, 0.3) is 0 Å². The summed E-state index contributed by atoms with van der Waals surface area (Å²) in [5.74, 6) is 0.347. The number of allylic oxidation sites excluding steroid dienone is 3. The average Bonchev–Trinajstić information content (AvgIpc) is 2.90. The van der Waals surface area contributed by atoms with Crippen molar-refractivity contribution < 1.29 is 8.42 Å². The summed E-state index contributed by atoms with van der Waals surface area (Å²) in [6.45, 7) is 1.60. The Morgan fingerprint density at radius 3 is 2.40 bits per heavy atom. The van der Waals surface area contributed by atoms with Crippen LogP contribution >= 0.6 is 34.8 Å². The molecule has 1 aromatic rings. The summed E-state index contributed by atoms with van der Waals surface area (Å²) < 4.78 is 25.6. The molecular weight excluding hydrogens is 401 g/mol. The molecule has 1 heterocycles. The predicted octanol–water partition coefficient (Wildman–Crippen LogP) is 4.70. The molecule has 1 aliphatic heterocycles. The van der Waals surface area contributed by atoms with Gasteiger partial charge in [-0.15, -0.1) is 0 Å². The molecule has 136 valence electrons. The average molecular weight is 421 g/mol. The molecule has 1 aromatic carbocycles. The maximum absolute atomic E-state index is 12.8. The van der Waals surface area contributed by atoms with Crippen LogP contribution < -0.4 is 0 Å². The Morgan fingerprint density at radius 2 is 1.76 bits per heavy atom. The van der Waals surface area contributed by atoms with Gasteiger partial charge in [-0.2, -0.15) is 0 Å². The first-order chi connectivity index (χ1) is 11.8. The number of hydrogen-bond acceptors (Lipinski definition) is 3. The minimum atomic E-state index is -3.36. The minimum absolute atomic E-state index is 0.0401. The van der Waals surface area contributed by atoms with Crippen LogP contribution in [0.3, 0.4) is 0 Å². The molecule has 25 heavy (non-hydrogen) atoms. The standard InChI is InChI=1S/C18H20Cl3NO2S/c1-22-9-13(11-25(23,24)15-5-3-14(19)4-6-15)16(10-22)12-2-7-17(20)18(21)8-12/h3-6,8,13,16H,2,7,9-11H2,1H3. The minimum Gasteiger partial charge on any atom is -0.305 e. The quantitative estimate of drug-likeness (QED) is 0.708. The highest BCUT2D eigenvalue weighted by molar-refractivity contribution is 7.91. The van der Waals surface area contributed by atoms with Crippen molar-refractivity contribution in [3.8, 4) is 0 Å². The zero-order chi connectivity index (χ0) is 18.2. The highest BCUT2D eigenvalue weighted by Gasteiger charge is 2.37. The van der Waals surface area contributed by atoms with Crippen LogP contribution in [0.4, 0.5) is 0 Å². The van der Waals surface area contributed by atoms with Gasteiger partial charge in [0, 0.05) is 23.1 Å². The van der Waals surface area contributed by atoms with Crippen LogP contribution in [0.2, 0.25) is 5.02 Å². The van der Waals surface area contributed by atoms with Crippen LogP contribution in [0.25, 0.3) is 0 Å². The lowest BCUT2D eigenvalue weighted by Crippen LogP contribution is -2.25. The zero-order valence-electron chi connectivity index (χ0n) is 13.9. The molecule has 2 unspecified atom stereocenters. The van der Waals surface area contributed by atoms with Gasteiger partial charge in [-0.05, 0) is 62.1 Å².